The molecule has 4 saturated carbocycles. The van der Waals surface area contributed by atoms with Gasteiger partial charge in [-0.05, 0) is 77.2 Å². The molecule has 0 aromatic rings. The van der Waals surface area contributed by atoms with Gasteiger partial charge in [-0.25, -0.2) is 0 Å². The summed E-state index contributed by atoms with van der Waals surface area (Å²) < 4.78 is 0. The van der Waals surface area contributed by atoms with Gasteiger partial charge in [0.25, 0.3) is 0 Å². The fourth-order valence-electron chi connectivity index (χ4n) is 5.36. The van der Waals surface area contributed by atoms with E-state index in [9.17, 15) is 9.90 Å². The molecule has 3 heteroatoms. The Labute approximate surface area is 116 Å². The average molecular weight is 265 g/mol. The molecule has 0 heterocycles. The van der Waals surface area contributed by atoms with E-state index in [2.05, 4.69) is 11.9 Å². The molecule has 108 valence electrons. The molecule has 0 aliphatic heterocycles. The van der Waals surface area contributed by atoms with Gasteiger partial charge in [0, 0.05) is 12.1 Å². The molecular formula is C16H27NO2. The number of carbonyl (C=O) groups is 1. The van der Waals surface area contributed by atoms with Crippen molar-refractivity contribution < 1.29 is 9.90 Å². The van der Waals surface area contributed by atoms with E-state index < -0.39 is 11.4 Å². The van der Waals surface area contributed by atoms with Crippen LogP contribution in [0.5, 0.6) is 0 Å². The molecule has 4 rings (SSSR count). The Morgan fingerprint density at radius 2 is 1.58 bits per heavy atom. The lowest BCUT2D eigenvalue weighted by Crippen LogP contribution is -2.60. The Morgan fingerprint density at radius 1 is 1.16 bits per heavy atom. The van der Waals surface area contributed by atoms with Crippen LogP contribution in [0.1, 0.15) is 52.4 Å². The molecule has 0 saturated heterocycles. The molecule has 0 atom stereocenters. The summed E-state index contributed by atoms with van der Waals surface area (Å²) in [6, 6.07) is 0. The van der Waals surface area contributed by atoms with Crippen molar-refractivity contribution in [2.75, 3.05) is 13.6 Å². The van der Waals surface area contributed by atoms with Crippen molar-refractivity contribution in [3.8, 4) is 0 Å². The lowest BCUT2D eigenvalue weighted by atomic mass is 9.52. The fourth-order valence-corrected chi connectivity index (χ4v) is 5.36. The number of rotatable bonds is 4. The zero-order valence-corrected chi connectivity index (χ0v) is 12.5. The van der Waals surface area contributed by atoms with Gasteiger partial charge in [0.05, 0.1) is 5.41 Å². The van der Waals surface area contributed by atoms with Gasteiger partial charge in [0.2, 0.25) is 0 Å². The van der Waals surface area contributed by atoms with Crippen molar-refractivity contribution in [1.82, 2.24) is 4.90 Å². The second kappa shape index (κ2) is 4.21. The first-order chi connectivity index (χ1) is 8.81. The number of nitrogens with zero attached hydrogens (tertiary/aromatic N) is 1. The van der Waals surface area contributed by atoms with E-state index in [1.807, 2.05) is 13.8 Å². The van der Waals surface area contributed by atoms with Crippen molar-refractivity contribution >= 4 is 5.97 Å². The fraction of sp³-hybridized carbons (Fsp3) is 0.938. The standard InChI is InChI=1S/C16H27NO2/c1-15(2,14(18)19)10-17(3)16-7-11-4-12(8-16)6-13(5-11)9-16/h11-13H,4-10H2,1-3H3,(H,18,19). The maximum atomic E-state index is 11.4. The monoisotopic (exact) mass is 265 g/mol. The minimum Gasteiger partial charge on any atom is -0.481 e. The van der Waals surface area contributed by atoms with Gasteiger partial charge in [-0.15, -0.1) is 0 Å². The van der Waals surface area contributed by atoms with Gasteiger partial charge in [-0.2, -0.15) is 0 Å². The van der Waals surface area contributed by atoms with E-state index in [4.69, 9.17) is 0 Å². The number of carboxylic acids is 1. The summed E-state index contributed by atoms with van der Waals surface area (Å²) in [6.07, 6.45) is 8.25. The van der Waals surface area contributed by atoms with Crippen LogP contribution in [0.2, 0.25) is 0 Å². The second-order valence-electron chi connectivity index (χ2n) is 8.19. The van der Waals surface area contributed by atoms with Gasteiger partial charge >= 0.3 is 5.97 Å². The normalized spacial score (nSPS) is 40.9. The van der Waals surface area contributed by atoms with E-state index in [0.717, 1.165) is 17.8 Å². The third-order valence-corrected chi connectivity index (χ3v) is 6.03. The highest BCUT2D eigenvalue weighted by atomic mass is 16.4. The topological polar surface area (TPSA) is 40.5 Å². The molecule has 4 aliphatic rings. The van der Waals surface area contributed by atoms with Gasteiger partial charge in [0.1, 0.15) is 0 Å². The summed E-state index contributed by atoms with van der Waals surface area (Å²) in [5.74, 6) is 2.08. The SMILES string of the molecule is CN(CC(C)(C)C(=O)O)C12CC3CC(CC(C3)C1)C2. The summed E-state index contributed by atoms with van der Waals surface area (Å²) >= 11 is 0. The number of hydrogen-bond acceptors (Lipinski definition) is 2. The molecule has 4 bridgehead atoms. The van der Waals surface area contributed by atoms with E-state index >= 15 is 0 Å². The Kier molecular flexibility index (Phi) is 2.97. The van der Waals surface area contributed by atoms with Crippen LogP contribution in [0, 0.1) is 23.2 Å². The largest absolute Gasteiger partial charge is 0.481 e. The van der Waals surface area contributed by atoms with E-state index in [0.29, 0.717) is 12.1 Å². The van der Waals surface area contributed by atoms with Crippen LogP contribution < -0.4 is 0 Å². The first-order valence-corrected chi connectivity index (χ1v) is 7.75. The molecule has 19 heavy (non-hydrogen) atoms. The van der Waals surface area contributed by atoms with Crippen LogP contribution in [0.25, 0.3) is 0 Å². The smallest absolute Gasteiger partial charge is 0.310 e. The van der Waals surface area contributed by atoms with E-state index in [1.165, 1.54) is 38.5 Å². The van der Waals surface area contributed by atoms with Crippen LogP contribution >= 0.6 is 0 Å². The van der Waals surface area contributed by atoms with Crippen molar-refractivity contribution in [1.29, 1.82) is 0 Å². The highest BCUT2D eigenvalue weighted by molar-refractivity contribution is 5.73. The molecule has 1 N–H and O–H groups in total. The lowest BCUT2D eigenvalue weighted by Gasteiger charge is -2.60. The summed E-state index contributed by atoms with van der Waals surface area (Å²) in [4.78, 5) is 13.8. The molecule has 0 radical (unpaired) electrons. The lowest BCUT2D eigenvalue weighted by molar-refractivity contribution is -0.151. The second-order valence-corrected chi connectivity index (χ2v) is 8.19. The van der Waals surface area contributed by atoms with E-state index in [1.54, 1.807) is 0 Å². The van der Waals surface area contributed by atoms with Crippen LogP contribution in [0.3, 0.4) is 0 Å². The quantitative estimate of drug-likeness (QED) is 0.849. The molecule has 0 unspecified atom stereocenters. The number of aliphatic carboxylic acids is 1. The molecule has 3 nitrogen and oxygen atoms in total. The highest BCUT2D eigenvalue weighted by Gasteiger charge is 2.53. The maximum absolute atomic E-state index is 11.4. The van der Waals surface area contributed by atoms with Crippen molar-refractivity contribution in [3.05, 3.63) is 0 Å². The molecule has 0 aromatic heterocycles. The molecule has 4 fully saturated rings. The van der Waals surface area contributed by atoms with Gasteiger partial charge in [-0.1, -0.05) is 0 Å². The molecule has 0 amide bonds. The summed E-state index contributed by atoms with van der Waals surface area (Å²) in [5, 5.41) is 9.35. The van der Waals surface area contributed by atoms with Crippen LogP contribution in [-0.4, -0.2) is 35.1 Å². The first kappa shape index (κ1) is 13.4. The summed E-state index contributed by atoms with van der Waals surface area (Å²) in [6.45, 7) is 4.38. The zero-order valence-electron chi connectivity index (χ0n) is 12.5. The first-order valence-electron chi connectivity index (χ1n) is 7.75. The molecule has 0 aromatic carbocycles. The third kappa shape index (κ3) is 2.20. The summed E-state index contributed by atoms with van der Waals surface area (Å²) in [7, 11) is 2.16. The van der Waals surface area contributed by atoms with Crippen molar-refractivity contribution in [2.24, 2.45) is 23.2 Å². The molecule has 4 aliphatic carbocycles. The van der Waals surface area contributed by atoms with E-state index in [-0.39, 0.29) is 0 Å². The predicted octanol–water partition coefficient (Wildman–Crippen LogP) is 3.00. The minimum absolute atomic E-state index is 0.321. The molecular weight excluding hydrogens is 238 g/mol. The third-order valence-electron chi connectivity index (χ3n) is 6.03. The van der Waals surface area contributed by atoms with Crippen LogP contribution in [0.15, 0.2) is 0 Å². The van der Waals surface area contributed by atoms with Gasteiger partial charge < -0.3 is 5.11 Å². The van der Waals surface area contributed by atoms with Crippen LogP contribution in [-0.2, 0) is 4.79 Å². The Hall–Kier alpha value is -0.570. The number of hydrogen-bond donors (Lipinski definition) is 1. The van der Waals surface area contributed by atoms with Gasteiger partial charge in [0.15, 0.2) is 0 Å². The zero-order chi connectivity index (χ0) is 13.8. The molecule has 0 spiro atoms. The minimum atomic E-state index is -0.677. The number of carboxylic acid groups (broad SMARTS) is 1. The predicted molar refractivity (Wildman–Crippen MR) is 74.9 cm³/mol. The Bertz CT molecular complexity index is 353. The van der Waals surface area contributed by atoms with Crippen molar-refractivity contribution in [2.45, 2.75) is 57.9 Å². The van der Waals surface area contributed by atoms with Crippen molar-refractivity contribution in [3.63, 3.8) is 0 Å². The summed E-state index contributed by atoms with van der Waals surface area (Å²) in [5.41, 5.74) is -0.320. The Balaban J connectivity index is 1.76. The highest BCUT2D eigenvalue weighted by Crippen LogP contribution is 2.57. The maximum Gasteiger partial charge on any atom is 0.310 e. The van der Waals surface area contributed by atoms with Crippen LogP contribution in [0.4, 0.5) is 0 Å². The van der Waals surface area contributed by atoms with Gasteiger partial charge in [-0.3, -0.25) is 9.69 Å². The average Bonchev–Trinajstić information content (AvgIpc) is 2.26. The Morgan fingerprint density at radius 3 is 1.95 bits per heavy atom.